The van der Waals surface area contributed by atoms with Gasteiger partial charge in [-0.15, -0.1) is 5.10 Å². The molecule has 2 aromatic rings. The molecule has 1 N–H and O–H groups in total. The van der Waals surface area contributed by atoms with Gasteiger partial charge in [-0.05, 0) is 42.5 Å². The Labute approximate surface area is 129 Å². The average molecular weight is 306 g/mol. The van der Waals surface area contributed by atoms with Crippen molar-refractivity contribution < 1.29 is 4.74 Å². The predicted octanol–water partition coefficient (Wildman–Crippen LogP) is 2.98. The second kappa shape index (κ2) is 8.05. The van der Waals surface area contributed by atoms with Crippen LogP contribution in [0.1, 0.15) is 48.9 Å². The fourth-order valence-electron chi connectivity index (χ4n) is 2.20. The predicted molar refractivity (Wildman–Crippen MR) is 84.8 cm³/mol. The van der Waals surface area contributed by atoms with Gasteiger partial charge in [-0.2, -0.15) is 0 Å². The molecule has 1 atom stereocenters. The molecule has 6 heteroatoms. The Morgan fingerprint density at radius 3 is 2.86 bits per heavy atom. The maximum atomic E-state index is 5.29. The number of methoxy groups -OCH3 is 1. The maximum absolute atomic E-state index is 5.29. The topological polar surface area (TPSA) is 59.9 Å². The van der Waals surface area contributed by atoms with Gasteiger partial charge in [-0.25, -0.2) is 0 Å². The molecule has 0 aliphatic rings. The summed E-state index contributed by atoms with van der Waals surface area (Å²) in [5.74, 6) is 0.769. The molecule has 2 heterocycles. The lowest BCUT2D eigenvalue weighted by molar-refractivity contribution is 0.411. The lowest BCUT2D eigenvalue weighted by atomic mass is 10.0. The van der Waals surface area contributed by atoms with E-state index >= 15 is 0 Å². The summed E-state index contributed by atoms with van der Waals surface area (Å²) in [5, 5.41) is 7.85. The van der Waals surface area contributed by atoms with E-state index < -0.39 is 0 Å². The second-order valence-electron chi connectivity index (χ2n) is 4.88. The summed E-state index contributed by atoms with van der Waals surface area (Å²) in [6.07, 6.45) is 6.69. The summed E-state index contributed by atoms with van der Waals surface area (Å²) in [6.45, 7) is 5.25. The summed E-state index contributed by atoms with van der Waals surface area (Å²) in [4.78, 5) is 5.45. The molecule has 0 saturated carbocycles. The minimum Gasteiger partial charge on any atom is -0.495 e. The number of nitrogens with zero attached hydrogens (tertiary/aromatic N) is 3. The standard InChI is InChI=1S/C15H22N4OS/c1-4-6-13-15(21-19-18-13)14(17-7-5-2)11-8-12(20-3)10-16-9-11/h8-10,14,17H,4-7H2,1-3H3. The number of rotatable bonds is 8. The van der Waals surface area contributed by atoms with Crippen molar-refractivity contribution in [1.82, 2.24) is 19.9 Å². The van der Waals surface area contributed by atoms with Gasteiger partial charge in [0.05, 0.1) is 29.9 Å². The summed E-state index contributed by atoms with van der Waals surface area (Å²) < 4.78 is 9.42. The fraction of sp³-hybridized carbons (Fsp3) is 0.533. The van der Waals surface area contributed by atoms with Crippen molar-refractivity contribution in [2.24, 2.45) is 0 Å². The molecule has 0 saturated heterocycles. The molecule has 114 valence electrons. The molecule has 1 unspecified atom stereocenters. The van der Waals surface area contributed by atoms with Gasteiger partial charge in [0.1, 0.15) is 5.75 Å². The fourth-order valence-corrected chi connectivity index (χ4v) is 3.00. The summed E-state index contributed by atoms with van der Waals surface area (Å²) >= 11 is 1.46. The van der Waals surface area contributed by atoms with E-state index in [0.29, 0.717) is 0 Å². The molecule has 0 radical (unpaired) electrons. The zero-order valence-corrected chi connectivity index (χ0v) is 13.6. The minimum atomic E-state index is 0.0779. The zero-order chi connectivity index (χ0) is 15.1. The van der Waals surface area contributed by atoms with Gasteiger partial charge in [-0.1, -0.05) is 24.8 Å². The highest BCUT2D eigenvalue weighted by molar-refractivity contribution is 7.05. The number of ether oxygens (including phenoxy) is 1. The van der Waals surface area contributed by atoms with Crippen LogP contribution in [0.25, 0.3) is 0 Å². The summed E-state index contributed by atoms with van der Waals surface area (Å²) in [6, 6.07) is 2.10. The van der Waals surface area contributed by atoms with Crippen LogP contribution in [0.3, 0.4) is 0 Å². The molecule has 2 aromatic heterocycles. The van der Waals surface area contributed by atoms with Crippen molar-refractivity contribution in [3.8, 4) is 5.75 Å². The Hall–Kier alpha value is -1.53. The number of hydrogen-bond acceptors (Lipinski definition) is 6. The van der Waals surface area contributed by atoms with Crippen molar-refractivity contribution in [2.45, 2.75) is 39.2 Å². The van der Waals surface area contributed by atoms with E-state index in [4.69, 9.17) is 4.74 Å². The minimum absolute atomic E-state index is 0.0779. The molecule has 5 nitrogen and oxygen atoms in total. The first-order chi connectivity index (χ1) is 10.3. The van der Waals surface area contributed by atoms with E-state index in [1.165, 1.54) is 16.4 Å². The third-order valence-electron chi connectivity index (χ3n) is 3.24. The second-order valence-corrected chi connectivity index (χ2v) is 5.66. The van der Waals surface area contributed by atoms with Crippen molar-refractivity contribution in [3.05, 3.63) is 34.6 Å². The average Bonchev–Trinajstić information content (AvgIpc) is 2.97. The molecule has 0 fully saturated rings. The van der Waals surface area contributed by atoms with Gasteiger partial charge in [0.25, 0.3) is 0 Å². The SMILES string of the molecule is CCCNC(c1cncc(OC)c1)c1snnc1CCC. The lowest BCUT2D eigenvalue weighted by Crippen LogP contribution is -2.23. The smallest absolute Gasteiger partial charge is 0.137 e. The van der Waals surface area contributed by atoms with Crippen LogP contribution in [0.15, 0.2) is 18.5 Å². The van der Waals surface area contributed by atoms with Crippen LogP contribution in [0.5, 0.6) is 5.75 Å². The number of hydrogen-bond donors (Lipinski definition) is 1. The molecular weight excluding hydrogens is 284 g/mol. The van der Waals surface area contributed by atoms with Gasteiger partial charge in [-0.3, -0.25) is 4.98 Å². The van der Waals surface area contributed by atoms with Gasteiger partial charge in [0.15, 0.2) is 0 Å². The van der Waals surface area contributed by atoms with Crippen LogP contribution in [-0.2, 0) is 6.42 Å². The lowest BCUT2D eigenvalue weighted by Gasteiger charge is -2.18. The first-order valence-corrected chi connectivity index (χ1v) is 8.10. The number of aromatic nitrogens is 3. The van der Waals surface area contributed by atoms with Crippen LogP contribution in [-0.4, -0.2) is 28.2 Å². The zero-order valence-electron chi connectivity index (χ0n) is 12.8. The van der Waals surface area contributed by atoms with Crippen LogP contribution >= 0.6 is 11.5 Å². The molecule has 0 aliphatic carbocycles. The van der Waals surface area contributed by atoms with E-state index in [-0.39, 0.29) is 6.04 Å². The Morgan fingerprint density at radius 2 is 2.14 bits per heavy atom. The molecule has 2 rings (SSSR count). The van der Waals surface area contributed by atoms with Crippen molar-refractivity contribution >= 4 is 11.5 Å². The molecule has 0 bridgehead atoms. The molecule has 21 heavy (non-hydrogen) atoms. The van der Waals surface area contributed by atoms with E-state index in [1.54, 1.807) is 13.3 Å². The third kappa shape index (κ3) is 3.98. The third-order valence-corrected chi connectivity index (χ3v) is 4.07. The van der Waals surface area contributed by atoms with Gasteiger partial charge >= 0.3 is 0 Å². The largest absolute Gasteiger partial charge is 0.495 e. The molecule has 0 aromatic carbocycles. The number of pyridine rings is 1. The Bertz CT molecular complexity index is 558. The molecule has 0 spiro atoms. The highest BCUT2D eigenvalue weighted by Gasteiger charge is 2.21. The van der Waals surface area contributed by atoms with Gasteiger partial charge in [0, 0.05) is 6.20 Å². The molecular formula is C15H22N4OS. The normalized spacial score (nSPS) is 12.3. The molecule has 0 aliphatic heterocycles. The van der Waals surface area contributed by atoms with Crippen LogP contribution in [0.2, 0.25) is 0 Å². The van der Waals surface area contributed by atoms with Crippen LogP contribution < -0.4 is 10.1 Å². The summed E-state index contributed by atoms with van der Waals surface area (Å²) in [5.41, 5.74) is 2.17. The highest BCUT2D eigenvalue weighted by Crippen LogP contribution is 2.29. The quantitative estimate of drug-likeness (QED) is 0.812. The Kier molecular flexibility index (Phi) is 6.07. The van der Waals surface area contributed by atoms with Crippen LogP contribution in [0, 0.1) is 0 Å². The highest BCUT2D eigenvalue weighted by atomic mass is 32.1. The first-order valence-electron chi connectivity index (χ1n) is 7.33. The maximum Gasteiger partial charge on any atom is 0.137 e. The van der Waals surface area contributed by atoms with Gasteiger partial charge < -0.3 is 10.1 Å². The molecule has 0 amide bonds. The Balaban J connectivity index is 2.34. The van der Waals surface area contributed by atoms with Gasteiger partial charge in [0.2, 0.25) is 0 Å². The van der Waals surface area contributed by atoms with Crippen molar-refractivity contribution in [3.63, 3.8) is 0 Å². The monoisotopic (exact) mass is 306 g/mol. The number of aryl methyl sites for hydroxylation is 1. The van der Waals surface area contributed by atoms with Crippen molar-refractivity contribution in [1.29, 1.82) is 0 Å². The Morgan fingerprint density at radius 1 is 1.29 bits per heavy atom. The van der Waals surface area contributed by atoms with E-state index in [9.17, 15) is 0 Å². The van der Waals surface area contributed by atoms with E-state index in [1.807, 2.05) is 12.3 Å². The van der Waals surface area contributed by atoms with E-state index in [0.717, 1.165) is 42.8 Å². The van der Waals surface area contributed by atoms with E-state index in [2.05, 4.69) is 33.7 Å². The van der Waals surface area contributed by atoms with Crippen LogP contribution in [0.4, 0.5) is 0 Å². The van der Waals surface area contributed by atoms with Crippen molar-refractivity contribution in [2.75, 3.05) is 13.7 Å². The summed E-state index contributed by atoms with van der Waals surface area (Å²) in [7, 11) is 1.66. The number of nitrogens with one attached hydrogen (secondary N) is 1. The first kappa shape index (κ1) is 15.9.